The second-order valence-electron chi connectivity index (χ2n) is 2.91. The van der Waals surface area contributed by atoms with Gasteiger partial charge in [-0.05, 0) is 19.1 Å². The summed E-state index contributed by atoms with van der Waals surface area (Å²) in [5, 5.41) is 4.13. The van der Waals surface area contributed by atoms with Gasteiger partial charge in [0.05, 0.1) is 0 Å². The van der Waals surface area contributed by atoms with Crippen molar-refractivity contribution in [3.63, 3.8) is 0 Å². The van der Waals surface area contributed by atoms with Gasteiger partial charge in [-0.2, -0.15) is 5.10 Å². The van der Waals surface area contributed by atoms with Gasteiger partial charge in [-0.3, -0.25) is 0 Å². The monoisotopic (exact) mass is 251 g/mol. The molecule has 0 N–H and O–H groups in total. The van der Waals surface area contributed by atoms with Crippen LogP contribution in [0, 0.1) is 0 Å². The Morgan fingerprint density at radius 3 is 2.64 bits per heavy atom. The number of nitrogens with zero attached hydrogens (tertiary/aromatic N) is 3. The van der Waals surface area contributed by atoms with Gasteiger partial charge in [0.2, 0.25) is 0 Å². The van der Waals surface area contributed by atoms with Crippen LogP contribution in [-0.4, -0.2) is 14.8 Å². The zero-order chi connectivity index (χ0) is 9.97. The molecule has 0 fully saturated rings. The van der Waals surface area contributed by atoms with Gasteiger partial charge in [0.25, 0.3) is 0 Å². The van der Waals surface area contributed by atoms with Crippen molar-refractivity contribution >= 4 is 15.9 Å². The second-order valence-corrected chi connectivity index (χ2v) is 3.82. The summed E-state index contributed by atoms with van der Waals surface area (Å²) in [5.41, 5.74) is 1.09. The molecule has 0 aliphatic carbocycles. The zero-order valence-electron chi connectivity index (χ0n) is 7.81. The van der Waals surface area contributed by atoms with Gasteiger partial charge >= 0.3 is 0 Å². The fourth-order valence-electron chi connectivity index (χ4n) is 1.32. The smallest absolute Gasteiger partial charge is 0.158 e. The number of rotatable bonds is 2. The summed E-state index contributed by atoms with van der Waals surface area (Å²) < 4.78 is 2.95. The summed E-state index contributed by atoms with van der Waals surface area (Å²) in [5.74, 6) is 0.917. The van der Waals surface area contributed by atoms with E-state index in [4.69, 9.17) is 0 Å². The number of halogens is 1. The van der Waals surface area contributed by atoms with Crippen LogP contribution in [0.2, 0.25) is 0 Å². The van der Waals surface area contributed by atoms with Crippen molar-refractivity contribution in [1.82, 2.24) is 14.8 Å². The Bertz CT molecular complexity index is 419. The maximum Gasteiger partial charge on any atom is 0.158 e. The summed E-state index contributed by atoms with van der Waals surface area (Å²) in [6, 6.07) is 8.06. The lowest BCUT2D eigenvalue weighted by Gasteiger charge is -2.02. The van der Waals surface area contributed by atoms with Crippen LogP contribution in [0.15, 0.2) is 35.1 Å². The van der Waals surface area contributed by atoms with Gasteiger partial charge in [0.1, 0.15) is 6.33 Å². The number of aryl methyl sites for hydroxylation is 1. The van der Waals surface area contributed by atoms with Gasteiger partial charge < -0.3 is 0 Å². The van der Waals surface area contributed by atoms with Crippen LogP contribution in [-0.2, 0) is 6.54 Å². The maximum atomic E-state index is 4.22. The Morgan fingerprint density at radius 1 is 1.29 bits per heavy atom. The Balaban J connectivity index is 2.44. The molecular formula is C10H10BrN3. The molecule has 0 aliphatic rings. The van der Waals surface area contributed by atoms with Gasteiger partial charge in [-0.1, -0.05) is 28.1 Å². The van der Waals surface area contributed by atoms with Crippen LogP contribution in [0.5, 0.6) is 0 Å². The minimum Gasteiger partial charge on any atom is -0.246 e. The molecule has 0 atom stereocenters. The van der Waals surface area contributed by atoms with E-state index in [1.165, 1.54) is 0 Å². The Kier molecular flexibility index (Phi) is 2.63. The van der Waals surface area contributed by atoms with E-state index < -0.39 is 0 Å². The highest BCUT2D eigenvalue weighted by atomic mass is 79.9. The fourth-order valence-corrected chi connectivity index (χ4v) is 1.58. The first-order valence-corrected chi connectivity index (χ1v) is 5.24. The highest BCUT2D eigenvalue weighted by molar-refractivity contribution is 9.10. The molecule has 72 valence electrons. The Hall–Kier alpha value is -1.16. The molecule has 1 aromatic carbocycles. The van der Waals surface area contributed by atoms with E-state index in [1.807, 2.05) is 28.9 Å². The first-order chi connectivity index (χ1) is 6.81. The van der Waals surface area contributed by atoms with Crippen molar-refractivity contribution in [1.29, 1.82) is 0 Å². The first kappa shape index (κ1) is 9.40. The molecule has 0 saturated heterocycles. The van der Waals surface area contributed by atoms with Crippen molar-refractivity contribution < 1.29 is 0 Å². The molecular weight excluding hydrogens is 242 g/mol. The number of hydrogen-bond acceptors (Lipinski definition) is 2. The van der Waals surface area contributed by atoms with Gasteiger partial charge in [0.15, 0.2) is 5.82 Å². The minimum absolute atomic E-state index is 0.839. The van der Waals surface area contributed by atoms with Crippen LogP contribution < -0.4 is 0 Å². The van der Waals surface area contributed by atoms with Crippen molar-refractivity contribution in [2.24, 2.45) is 0 Å². The molecule has 0 bridgehead atoms. The third-order valence-electron chi connectivity index (χ3n) is 2.02. The number of benzene rings is 1. The normalized spacial score (nSPS) is 10.4. The predicted octanol–water partition coefficient (Wildman–Crippen LogP) is 2.73. The molecule has 3 nitrogen and oxygen atoms in total. The lowest BCUT2D eigenvalue weighted by molar-refractivity contribution is 0.666. The molecule has 0 spiro atoms. The summed E-state index contributed by atoms with van der Waals surface area (Å²) in [6.45, 7) is 2.89. The third-order valence-corrected chi connectivity index (χ3v) is 2.55. The van der Waals surface area contributed by atoms with E-state index >= 15 is 0 Å². The molecule has 0 radical (unpaired) electrons. The molecule has 14 heavy (non-hydrogen) atoms. The van der Waals surface area contributed by atoms with Crippen LogP contribution >= 0.6 is 15.9 Å². The predicted molar refractivity (Wildman–Crippen MR) is 58.8 cm³/mol. The molecule has 2 aromatic rings. The average molecular weight is 252 g/mol. The number of hydrogen-bond donors (Lipinski definition) is 0. The molecule has 0 amide bonds. The van der Waals surface area contributed by atoms with Crippen LogP contribution in [0.4, 0.5) is 0 Å². The summed E-state index contributed by atoms with van der Waals surface area (Å²) in [7, 11) is 0. The van der Waals surface area contributed by atoms with E-state index in [0.29, 0.717) is 0 Å². The molecule has 4 heteroatoms. The first-order valence-electron chi connectivity index (χ1n) is 4.45. The molecule has 0 unspecified atom stereocenters. The van der Waals surface area contributed by atoms with E-state index in [9.17, 15) is 0 Å². The Morgan fingerprint density at radius 2 is 2.00 bits per heavy atom. The highest BCUT2D eigenvalue weighted by Gasteiger charge is 2.04. The fraction of sp³-hybridized carbons (Fsp3) is 0.200. The molecule has 0 saturated carbocycles. The summed E-state index contributed by atoms with van der Waals surface area (Å²) in [4.78, 5) is 4.22. The largest absolute Gasteiger partial charge is 0.246 e. The SMILES string of the molecule is CCn1ncnc1-c1ccc(Br)cc1. The maximum absolute atomic E-state index is 4.22. The molecule has 0 aliphatic heterocycles. The average Bonchev–Trinajstić information content (AvgIpc) is 2.67. The highest BCUT2D eigenvalue weighted by Crippen LogP contribution is 2.19. The van der Waals surface area contributed by atoms with Crippen LogP contribution in [0.25, 0.3) is 11.4 Å². The summed E-state index contributed by atoms with van der Waals surface area (Å²) in [6.07, 6.45) is 1.58. The van der Waals surface area contributed by atoms with E-state index in [0.717, 1.165) is 22.4 Å². The van der Waals surface area contributed by atoms with Crippen molar-refractivity contribution in [2.45, 2.75) is 13.5 Å². The van der Waals surface area contributed by atoms with Gasteiger partial charge in [0, 0.05) is 16.6 Å². The van der Waals surface area contributed by atoms with E-state index in [2.05, 4.69) is 32.9 Å². The Labute approximate surface area is 90.9 Å². The summed E-state index contributed by atoms with van der Waals surface area (Å²) >= 11 is 3.40. The molecule has 1 aromatic heterocycles. The van der Waals surface area contributed by atoms with Crippen LogP contribution in [0.3, 0.4) is 0 Å². The van der Waals surface area contributed by atoms with E-state index in [1.54, 1.807) is 6.33 Å². The third kappa shape index (κ3) is 1.70. The van der Waals surface area contributed by atoms with E-state index in [-0.39, 0.29) is 0 Å². The quantitative estimate of drug-likeness (QED) is 0.822. The van der Waals surface area contributed by atoms with Crippen molar-refractivity contribution in [3.05, 3.63) is 35.1 Å². The number of aromatic nitrogens is 3. The second kappa shape index (κ2) is 3.92. The van der Waals surface area contributed by atoms with Crippen LogP contribution in [0.1, 0.15) is 6.92 Å². The standard InChI is InChI=1S/C10H10BrN3/c1-2-14-10(12-7-13-14)8-3-5-9(11)6-4-8/h3-7H,2H2,1H3. The topological polar surface area (TPSA) is 30.7 Å². The van der Waals surface area contributed by atoms with Gasteiger partial charge in [-0.15, -0.1) is 0 Å². The molecule has 1 heterocycles. The lowest BCUT2D eigenvalue weighted by atomic mass is 10.2. The minimum atomic E-state index is 0.839. The lowest BCUT2D eigenvalue weighted by Crippen LogP contribution is -1.99. The zero-order valence-corrected chi connectivity index (χ0v) is 9.40. The van der Waals surface area contributed by atoms with Gasteiger partial charge in [-0.25, -0.2) is 9.67 Å². The molecule has 2 rings (SSSR count). The van der Waals surface area contributed by atoms with Crippen molar-refractivity contribution in [3.8, 4) is 11.4 Å². The van der Waals surface area contributed by atoms with Crippen molar-refractivity contribution in [2.75, 3.05) is 0 Å².